The second-order valence-corrected chi connectivity index (χ2v) is 6.25. The van der Waals surface area contributed by atoms with Gasteiger partial charge in [-0.1, -0.05) is 19.8 Å². The van der Waals surface area contributed by atoms with E-state index in [1.54, 1.807) is 0 Å². The number of nitrogens with one attached hydrogen (secondary N) is 1. The molecule has 1 N–H and O–H groups in total. The maximum atomic E-state index is 3.81. The van der Waals surface area contributed by atoms with E-state index in [2.05, 4.69) is 31.2 Å². The highest BCUT2D eigenvalue weighted by Crippen LogP contribution is 2.34. The third-order valence-electron chi connectivity index (χ3n) is 4.38. The summed E-state index contributed by atoms with van der Waals surface area (Å²) in [6.07, 6.45) is 8.56. The molecule has 2 aliphatic carbocycles. The summed E-state index contributed by atoms with van der Waals surface area (Å²) in [6.45, 7) is 3.60. The molecular formula is C14H28N2. The molecule has 0 aromatic heterocycles. The zero-order valence-electron chi connectivity index (χ0n) is 11.2. The number of nitrogens with zero attached hydrogens (tertiary/aromatic N) is 1. The van der Waals surface area contributed by atoms with E-state index in [9.17, 15) is 0 Å². The van der Waals surface area contributed by atoms with Crippen molar-refractivity contribution < 1.29 is 0 Å². The summed E-state index contributed by atoms with van der Waals surface area (Å²) < 4.78 is 0. The normalized spacial score (nSPS) is 33.0. The Kier molecular flexibility index (Phi) is 4.26. The van der Waals surface area contributed by atoms with Crippen LogP contribution in [0, 0.1) is 11.8 Å². The fraction of sp³-hybridized carbons (Fsp3) is 1.00. The van der Waals surface area contributed by atoms with Crippen LogP contribution >= 0.6 is 0 Å². The van der Waals surface area contributed by atoms with Crippen molar-refractivity contribution in [3.05, 3.63) is 0 Å². The molecule has 0 aliphatic heterocycles. The van der Waals surface area contributed by atoms with E-state index in [1.165, 1.54) is 45.1 Å². The first-order valence-corrected chi connectivity index (χ1v) is 7.06. The maximum absolute atomic E-state index is 3.81. The molecule has 3 atom stereocenters. The lowest BCUT2D eigenvalue weighted by molar-refractivity contribution is 0.228. The molecule has 0 heterocycles. The Balaban J connectivity index is 1.72. The van der Waals surface area contributed by atoms with Crippen LogP contribution < -0.4 is 5.32 Å². The molecule has 0 saturated heterocycles. The summed E-state index contributed by atoms with van der Waals surface area (Å²) in [7, 11) is 4.46. The predicted octanol–water partition coefficient (Wildman–Crippen LogP) is 2.49. The number of likely N-dealkylation sites (N-methyl/N-ethyl adjacent to an activating group) is 1. The van der Waals surface area contributed by atoms with Crippen LogP contribution in [0.1, 0.15) is 45.4 Å². The van der Waals surface area contributed by atoms with E-state index in [1.807, 2.05) is 0 Å². The van der Waals surface area contributed by atoms with E-state index in [4.69, 9.17) is 0 Å². The monoisotopic (exact) mass is 224 g/mol. The lowest BCUT2D eigenvalue weighted by Gasteiger charge is -2.31. The zero-order valence-corrected chi connectivity index (χ0v) is 11.2. The largest absolute Gasteiger partial charge is 0.312 e. The van der Waals surface area contributed by atoms with Gasteiger partial charge >= 0.3 is 0 Å². The third-order valence-corrected chi connectivity index (χ3v) is 4.38. The van der Waals surface area contributed by atoms with Crippen molar-refractivity contribution in [3.63, 3.8) is 0 Å². The molecule has 2 nitrogen and oxygen atoms in total. The van der Waals surface area contributed by atoms with Gasteiger partial charge in [0.1, 0.15) is 0 Å². The summed E-state index contributed by atoms with van der Waals surface area (Å²) >= 11 is 0. The van der Waals surface area contributed by atoms with E-state index < -0.39 is 0 Å². The third kappa shape index (κ3) is 3.46. The molecule has 0 amide bonds. The molecule has 0 radical (unpaired) electrons. The van der Waals surface area contributed by atoms with Crippen molar-refractivity contribution in [1.29, 1.82) is 0 Å². The number of rotatable bonds is 5. The van der Waals surface area contributed by atoms with Crippen LogP contribution in [0.2, 0.25) is 0 Å². The smallest absolute Gasteiger partial charge is 0.0242 e. The molecule has 2 rings (SSSR count). The summed E-state index contributed by atoms with van der Waals surface area (Å²) in [4.78, 5) is 2.41. The summed E-state index contributed by atoms with van der Waals surface area (Å²) in [5.41, 5.74) is 0. The molecule has 0 aromatic rings. The first-order valence-electron chi connectivity index (χ1n) is 7.06. The Morgan fingerprint density at radius 1 is 1.19 bits per heavy atom. The minimum absolute atomic E-state index is 0.775. The van der Waals surface area contributed by atoms with Gasteiger partial charge < -0.3 is 10.2 Å². The molecule has 2 saturated carbocycles. The lowest BCUT2D eigenvalue weighted by Crippen LogP contribution is -2.44. The van der Waals surface area contributed by atoms with Gasteiger partial charge in [0.2, 0.25) is 0 Å². The average molecular weight is 224 g/mol. The molecule has 16 heavy (non-hydrogen) atoms. The standard InChI is InChI=1S/C14H28N2/c1-11-5-4-6-13(9-11)15-10-14(16(2)3)12-7-8-12/h11-15H,4-10H2,1-3H3. The van der Waals surface area contributed by atoms with E-state index >= 15 is 0 Å². The molecule has 2 aliphatic rings. The second kappa shape index (κ2) is 5.50. The van der Waals surface area contributed by atoms with Gasteiger partial charge in [-0.15, -0.1) is 0 Å². The van der Waals surface area contributed by atoms with E-state index in [0.29, 0.717) is 0 Å². The van der Waals surface area contributed by atoms with Crippen LogP contribution in [0.25, 0.3) is 0 Å². The van der Waals surface area contributed by atoms with Gasteiger partial charge in [-0.25, -0.2) is 0 Å². The molecule has 3 unspecified atom stereocenters. The van der Waals surface area contributed by atoms with Crippen molar-refractivity contribution in [3.8, 4) is 0 Å². The van der Waals surface area contributed by atoms with Crippen LogP contribution in [0.15, 0.2) is 0 Å². The van der Waals surface area contributed by atoms with Gasteiger partial charge in [0.15, 0.2) is 0 Å². The molecule has 2 fully saturated rings. The minimum Gasteiger partial charge on any atom is -0.312 e. The van der Waals surface area contributed by atoms with Crippen molar-refractivity contribution in [1.82, 2.24) is 10.2 Å². The van der Waals surface area contributed by atoms with Crippen molar-refractivity contribution >= 4 is 0 Å². The highest BCUT2D eigenvalue weighted by Gasteiger charge is 2.32. The Morgan fingerprint density at radius 3 is 2.50 bits per heavy atom. The minimum atomic E-state index is 0.775. The average Bonchev–Trinajstić information content (AvgIpc) is 3.02. The predicted molar refractivity (Wildman–Crippen MR) is 69.6 cm³/mol. The quantitative estimate of drug-likeness (QED) is 0.772. The summed E-state index contributed by atoms with van der Waals surface area (Å²) in [5, 5.41) is 3.81. The first kappa shape index (κ1) is 12.4. The Morgan fingerprint density at radius 2 is 1.94 bits per heavy atom. The van der Waals surface area contributed by atoms with Crippen LogP contribution in [-0.2, 0) is 0 Å². The SMILES string of the molecule is CC1CCCC(NCC(C2CC2)N(C)C)C1. The zero-order chi connectivity index (χ0) is 11.5. The Bertz CT molecular complexity index is 209. The van der Waals surface area contributed by atoms with Crippen LogP contribution in [-0.4, -0.2) is 37.6 Å². The lowest BCUT2D eigenvalue weighted by atomic mass is 9.87. The maximum Gasteiger partial charge on any atom is 0.0242 e. The van der Waals surface area contributed by atoms with E-state index in [-0.39, 0.29) is 0 Å². The fourth-order valence-electron chi connectivity index (χ4n) is 3.16. The number of hydrogen-bond acceptors (Lipinski definition) is 2. The topological polar surface area (TPSA) is 15.3 Å². The summed E-state index contributed by atoms with van der Waals surface area (Å²) in [6, 6.07) is 1.57. The highest BCUT2D eigenvalue weighted by atomic mass is 15.1. The molecule has 0 aromatic carbocycles. The van der Waals surface area contributed by atoms with Gasteiger partial charge in [-0.3, -0.25) is 0 Å². The van der Waals surface area contributed by atoms with Gasteiger partial charge in [-0.05, 0) is 51.6 Å². The Labute approximate surface area is 101 Å². The van der Waals surface area contributed by atoms with Gasteiger partial charge in [0.25, 0.3) is 0 Å². The number of hydrogen-bond donors (Lipinski definition) is 1. The van der Waals surface area contributed by atoms with Crippen LogP contribution in [0.4, 0.5) is 0 Å². The van der Waals surface area contributed by atoms with Crippen LogP contribution in [0.5, 0.6) is 0 Å². The highest BCUT2D eigenvalue weighted by molar-refractivity contribution is 4.89. The van der Waals surface area contributed by atoms with Gasteiger partial charge in [-0.2, -0.15) is 0 Å². The summed E-state index contributed by atoms with van der Waals surface area (Å²) in [5.74, 6) is 1.91. The van der Waals surface area contributed by atoms with Gasteiger partial charge in [0.05, 0.1) is 0 Å². The first-order chi connectivity index (χ1) is 7.66. The molecule has 0 spiro atoms. The van der Waals surface area contributed by atoms with Crippen molar-refractivity contribution in [2.24, 2.45) is 11.8 Å². The fourth-order valence-corrected chi connectivity index (χ4v) is 3.16. The second-order valence-electron chi connectivity index (χ2n) is 6.25. The van der Waals surface area contributed by atoms with Crippen molar-refractivity contribution in [2.45, 2.75) is 57.5 Å². The molecular weight excluding hydrogens is 196 g/mol. The Hall–Kier alpha value is -0.0800. The molecule has 94 valence electrons. The van der Waals surface area contributed by atoms with Crippen molar-refractivity contribution in [2.75, 3.05) is 20.6 Å². The van der Waals surface area contributed by atoms with E-state index in [0.717, 1.165) is 23.9 Å². The molecule has 2 heteroatoms. The van der Waals surface area contributed by atoms with Gasteiger partial charge in [0, 0.05) is 18.6 Å². The molecule has 0 bridgehead atoms. The van der Waals surface area contributed by atoms with Crippen LogP contribution in [0.3, 0.4) is 0 Å².